The van der Waals surface area contributed by atoms with Crippen LogP contribution in [0.25, 0.3) is 0 Å². The van der Waals surface area contributed by atoms with Crippen molar-refractivity contribution in [1.82, 2.24) is 0 Å². The second kappa shape index (κ2) is 22.0. The summed E-state index contributed by atoms with van der Waals surface area (Å²) < 4.78 is 8.55. The monoisotopic (exact) mass is 335 g/mol. The molecule has 0 bridgehead atoms. The molecule has 0 aromatic heterocycles. The predicted octanol–water partition coefficient (Wildman–Crippen LogP) is -4.30. The van der Waals surface area contributed by atoms with Crippen LogP contribution in [0.5, 0.6) is 0 Å². The summed E-state index contributed by atoms with van der Waals surface area (Å²) in [6, 6.07) is 0. The third-order valence-electron chi connectivity index (χ3n) is 0. The molecule has 0 amide bonds. The molecule has 104 valence electrons. The number of phosphoric acid groups is 1. The van der Waals surface area contributed by atoms with Crippen LogP contribution in [0.15, 0.2) is 0 Å². The van der Waals surface area contributed by atoms with E-state index in [2.05, 4.69) is 0 Å². The van der Waals surface area contributed by atoms with Crippen molar-refractivity contribution in [3.63, 3.8) is 0 Å². The van der Waals surface area contributed by atoms with Gasteiger partial charge in [0.15, 0.2) is 0 Å². The van der Waals surface area contributed by atoms with Crippen LogP contribution < -0.4 is 14.7 Å². The van der Waals surface area contributed by atoms with Crippen molar-refractivity contribution in [2.45, 2.75) is 0 Å². The minimum atomic E-state index is -5.39. The van der Waals surface area contributed by atoms with Crippen molar-refractivity contribution in [1.29, 1.82) is 0 Å². The van der Waals surface area contributed by atoms with Gasteiger partial charge >= 0.3 is 34.7 Å². The Morgan fingerprint density at radius 3 is 0.579 bits per heavy atom. The first kappa shape index (κ1) is 36.1. The smallest absolute Gasteiger partial charge is 0.822 e. The van der Waals surface area contributed by atoms with Gasteiger partial charge in [0.25, 0.3) is 0 Å². The number of rotatable bonds is 0. The number of hydrogen-bond donors (Lipinski definition) is 0. The molecule has 19 heavy (non-hydrogen) atoms. The van der Waals surface area contributed by atoms with Crippen molar-refractivity contribution in [3.8, 4) is 0 Å². The molecule has 0 aliphatic rings. The third-order valence-corrected chi connectivity index (χ3v) is 0. The molecule has 0 radical (unpaired) electrons. The fourth-order valence-electron chi connectivity index (χ4n) is 0. The van der Waals surface area contributed by atoms with E-state index in [1.54, 1.807) is 0 Å². The quantitative estimate of drug-likeness (QED) is 0.175. The van der Waals surface area contributed by atoms with Gasteiger partial charge in [0.05, 0.1) is 15.3 Å². The molecule has 0 aliphatic heterocycles. The Bertz CT molecular complexity index is 222. The van der Waals surface area contributed by atoms with Crippen molar-refractivity contribution in [3.05, 3.63) is 46.0 Å². The first-order chi connectivity index (χ1) is 7.20. The molecular weight excluding hydrogens is 335 g/mol. The zero-order valence-corrected chi connectivity index (χ0v) is 11.5. The molecule has 0 fully saturated rings. The Morgan fingerprint density at radius 1 is 0.579 bits per heavy atom. The van der Waals surface area contributed by atoms with Gasteiger partial charge in [-0.25, -0.2) is 0 Å². The summed E-state index contributed by atoms with van der Waals surface area (Å²) in [4.78, 5) is 50.4. The van der Waals surface area contributed by atoms with Gasteiger partial charge in [-0.05, 0) is 0 Å². The van der Waals surface area contributed by atoms with Gasteiger partial charge in [-0.1, -0.05) is 0 Å². The van der Waals surface area contributed by atoms with E-state index in [1.165, 1.54) is 0 Å². The van der Waals surface area contributed by atoms with Gasteiger partial charge in [-0.15, -0.1) is 0 Å². The molecule has 0 atom stereocenters. The van der Waals surface area contributed by atoms with E-state index in [0.717, 1.165) is 0 Å². The molecular formula is Al2N3O13P. The van der Waals surface area contributed by atoms with Gasteiger partial charge in [0.2, 0.25) is 0 Å². The summed E-state index contributed by atoms with van der Waals surface area (Å²) in [6.45, 7) is 0. The van der Waals surface area contributed by atoms with Crippen molar-refractivity contribution in [2.24, 2.45) is 0 Å². The van der Waals surface area contributed by atoms with Crippen LogP contribution >= 0.6 is 7.82 Å². The summed E-state index contributed by atoms with van der Waals surface area (Å²) in [5, 5.41) is 44.2. The summed E-state index contributed by atoms with van der Waals surface area (Å²) in [6.07, 6.45) is 0. The normalized spacial score (nSPS) is 6.89. The maximum absolute atomic E-state index is 8.55. The molecule has 0 saturated carbocycles. The fraction of sp³-hybridized carbons (Fsp3) is 0. The van der Waals surface area contributed by atoms with E-state index >= 15 is 0 Å². The molecule has 0 aliphatic carbocycles. The van der Waals surface area contributed by atoms with Crippen LogP contribution in [0.3, 0.4) is 0 Å². The van der Waals surface area contributed by atoms with Crippen LogP contribution in [0.1, 0.15) is 0 Å². The molecule has 0 unspecified atom stereocenters. The Balaban J connectivity index is -0.0000000288. The van der Waals surface area contributed by atoms with Crippen molar-refractivity contribution in [2.75, 3.05) is 0 Å². The number of nitrogens with zero attached hydrogens (tertiary/aromatic N) is 3. The molecule has 0 saturated heterocycles. The van der Waals surface area contributed by atoms with E-state index in [9.17, 15) is 0 Å². The van der Waals surface area contributed by atoms with Gasteiger partial charge in [0, 0.05) is 0 Å². The zero-order valence-electron chi connectivity index (χ0n) is 8.25. The average molecular weight is 335 g/mol. The van der Waals surface area contributed by atoms with Crippen LogP contribution in [-0.2, 0) is 4.57 Å². The minimum absolute atomic E-state index is 0. The first-order valence-corrected chi connectivity index (χ1v) is 3.83. The topological polar surface area (TPSA) is 285 Å². The van der Waals surface area contributed by atoms with Gasteiger partial charge < -0.3 is 65.2 Å². The maximum Gasteiger partial charge on any atom is 3.00 e. The largest absolute Gasteiger partial charge is 3.00 e. The Labute approximate surface area is 123 Å². The average Bonchev–Trinajstić information content (AvgIpc) is 1.73. The Morgan fingerprint density at radius 2 is 0.579 bits per heavy atom. The minimum Gasteiger partial charge on any atom is -0.822 e. The molecule has 0 heterocycles. The number of hydrogen-bond acceptors (Lipinski definition) is 13. The Kier molecular flexibility index (Phi) is 41.8. The third kappa shape index (κ3) is 2440. The van der Waals surface area contributed by atoms with Crippen LogP contribution in [0.2, 0.25) is 0 Å². The first-order valence-electron chi connectivity index (χ1n) is 2.37. The predicted molar refractivity (Wildman–Crippen MR) is 50.2 cm³/mol. The van der Waals surface area contributed by atoms with Crippen LogP contribution in [0.4, 0.5) is 0 Å². The van der Waals surface area contributed by atoms with Gasteiger partial charge in [-0.3, -0.25) is 0 Å². The van der Waals surface area contributed by atoms with E-state index < -0.39 is 23.1 Å². The van der Waals surface area contributed by atoms with Gasteiger partial charge in [0.1, 0.15) is 0 Å². The van der Waals surface area contributed by atoms with Crippen LogP contribution in [0, 0.1) is 46.0 Å². The SMILES string of the molecule is O=P([O-])([O-])[O-].O=[N+]([O-])[O-].O=[N+]([O-])[O-].O=[N+]([O-])[O-].[Al+3].[Al+3]. The van der Waals surface area contributed by atoms with Crippen molar-refractivity contribution >= 4 is 42.5 Å². The molecule has 16 nitrogen and oxygen atoms in total. The molecule has 0 aromatic rings. The summed E-state index contributed by atoms with van der Waals surface area (Å²) in [5.74, 6) is 0. The van der Waals surface area contributed by atoms with Gasteiger partial charge in [-0.2, -0.15) is 7.82 Å². The second-order valence-corrected chi connectivity index (χ2v) is 2.01. The summed E-state index contributed by atoms with van der Waals surface area (Å²) in [5.41, 5.74) is 0. The van der Waals surface area contributed by atoms with E-state index in [0.29, 0.717) is 0 Å². The Hall–Kier alpha value is -1.23. The maximum atomic E-state index is 8.55. The zero-order chi connectivity index (χ0) is 15.2. The standard InChI is InChI=1S/2Al.3NO3.H3O4P/c;;3*2-1(3)4;1-5(2,3)4/h;;;;;(H3,1,2,3,4)/q2*+3;3*-1;/p-3. The van der Waals surface area contributed by atoms with E-state index in [4.69, 9.17) is 65.2 Å². The fourth-order valence-corrected chi connectivity index (χ4v) is 0. The molecule has 0 spiro atoms. The van der Waals surface area contributed by atoms with E-state index in [-0.39, 0.29) is 34.7 Å². The summed E-state index contributed by atoms with van der Waals surface area (Å²) >= 11 is 0. The van der Waals surface area contributed by atoms with Crippen LogP contribution in [-0.4, -0.2) is 50.0 Å². The molecule has 0 N–H and O–H groups in total. The molecule has 0 aromatic carbocycles. The summed E-state index contributed by atoms with van der Waals surface area (Å²) in [7, 11) is -5.39. The second-order valence-electron chi connectivity index (χ2n) is 1.12. The molecule has 0 rings (SSSR count). The molecule has 19 heteroatoms. The van der Waals surface area contributed by atoms with E-state index in [1.807, 2.05) is 0 Å². The van der Waals surface area contributed by atoms with Crippen molar-refractivity contribution < 1.29 is 34.5 Å².